The van der Waals surface area contributed by atoms with Crippen LogP contribution in [0.4, 0.5) is 4.39 Å². The fourth-order valence-corrected chi connectivity index (χ4v) is 5.51. The van der Waals surface area contributed by atoms with Gasteiger partial charge in [0, 0.05) is 13.1 Å². The van der Waals surface area contributed by atoms with Gasteiger partial charge in [0.05, 0.1) is 36.3 Å². The molecule has 0 spiro atoms. The van der Waals surface area contributed by atoms with E-state index in [1.807, 2.05) is 4.90 Å². The van der Waals surface area contributed by atoms with Crippen LogP contribution in [0.5, 0.6) is 0 Å². The van der Waals surface area contributed by atoms with Crippen molar-refractivity contribution >= 4 is 15.7 Å². The minimum atomic E-state index is -3.06. The fourth-order valence-electron chi connectivity index (χ4n) is 3.41. The summed E-state index contributed by atoms with van der Waals surface area (Å²) in [5, 5.41) is 2.87. The first kappa shape index (κ1) is 18.3. The van der Waals surface area contributed by atoms with Gasteiger partial charge in [-0.15, -0.1) is 0 Å². The van der Waals surface area contributed by atoms with Gasteiger partial charge in [-0.1, -0.05) is 12.1 Å². The van der Waals surface area contributed by atoms with Crippen LogP contribution in [0.3, 0.4) is 0 Å². The van der Waals surface area contributed by atoms with Crippen LogP contribution in [-0.2, 0) is 19.4 Å². The van der Waals surface area contributed by atoms with Gasteiger partial charge in [-0.3, -0.25) is 9.69 Å². The average Bonchev–Trinajstić information content (AvgIpc) is 2.81. The molecule has 6 nitrogen and oxygen atoms in total. The Hall–Kier alpha value is -1.51. The molecule has 8 heteroatoms. The average molecular weight is 370 g/mol. The molecule has 0 aromatic heterocycles. The number of sulfone groups is 1. The Balaban J connectivity index is 1.55. The number of benzene rings is 1. The second-order valence-corrected chi connectivity index (χ2v) is 9.28. The molecule has 138 valence electrons. The van der Waals surface area contributed by atoms with Crippen molar-refractivity contribution in [2.24, 2.45) is 0 Å². The van der Waals surface area contributed by atoms with Crippen molar-refractivity contribution in [1.29, 1.82) is 0 Å². The summed E-state index contributed by atoms with van der Waals surface area (Å²) >= 11 is 0. The van der Waals surface area contributed by atoms with Gasteiger partial charge in [-0.25, -0.2) is 12.8 Å². The van der Waals surface area contributed by atoms with E-state index in [2.05, 4.69) is 5.32 Å². The lowest BCUT2D eigenvalue weighted by Crippen LogP contribution is -2.51. The van der Waals surface area contributed by atoms with Gasteiger partial charge in [-0.05, 0) is 31.0 Å². The normalized spacial score (nSPS) is 29.4. The number of nitrogens with zero attached hydrogens (tertiary/aromatic N) is 1. The van der Waals surface area contributed by atoms with Gasteiger partial charge < -0.3 is 10.1 Å². The maximum absolute atomic E-state index is 13.0. The van der Waals surface area contributed by atoms with E-state index in [0.29, 0.717) is 26.1 Å². The number of hydrogen-bond donors (Lipinski definition) is 1. The van der Waals surface area contributed by atoms with Crippen molar-refractivity contribution in [3.05, 3.63) is 35.6 Å². The largest absolute Gasteiger partial charge is 0.371 e. The highest BCUT2D eigenvalue weighted by Crippen LogP contribution is 2.24. The molecular weight excluding hydrogens is 347 g/mol. The van der Waals surface area contributed by atoms with E-state index < -0.39 is 15.4 Å². The Morgan fingerprint density at radius 3 is 2.76 bits per heavy atom. The van der Waals surface area contributed by atoms with Crippen LogP contribution in [0.25, 0.3) is 0 Å². The Bertz CT molecular complexity index is 738. The van der Waals surface area contributed by atoms with Gasteiger partial charge in [0.1, 0.15) is 5.82 Å². The van der Waals surface area contributed by atoms with E-state index in [1.54, 1.807) is 19.1 Å². The number of morpholine rings is 1. The zero-order chi connectivity index (χ0) is 18.1. The Morgan fingerprint density at radius 1 is 1.40 bits per heavy atom. The number of carbonyl (C=O) groups excluding carboxylic acids is 1. The standard InChI is InChI=1S/C17H23FN2O4S/c1-17(6-9-25(22,23)12-17)19-16(21)11-20-7-8-24-15(10-20)13-2-4-14(18)5-3-13/h2-5,15H,6-12H2,1H3,(H,19,21). The summed E-state index contributed by atoms with van der Waals surface area (Å²) < 4.78 is 42.0. The maximum atomic E-state index is 13.0. The first-order valence-corrected chi connectivity index (χ1v) is 10.2. The zero-order valence-electron chi connectivity index (χ0n) is 14.2. The molecule has 1 amide bonds. The van der Waals surface area contributed by atoms with E-state index in [-0.39, 0.29) is 35.9 Å². The number of rotatable bonds is 4. The number of nitrogens with one attached hydrogen (secondary N) is 1. The molecule has 2 fully saturated rings. The predicted octanol–water partition coefficient (Wildman–Crippen LogP) is 0.892. The van der Waals surface area contributed by atoms with Gasteiger partial charge in [0.2, 0.25) is 5.91 Å². The number of carbonyl (C=O) groups is 1. The van der Waals surface area contributed by atoms with Crippen molar-refractivity contribution in [3.63, 3.8) is 0 Å². The SMILES string of the molecule is CC1(NC(=O)CN2CCOC(c3ccc(F)cc3)C2)CCS(=O)(=O)C1. The van der Waals surface area contributed by atoms with Crippen molar-refractivity contribution in [2.45, 2.75) is 25.0 Å². The third-order valence-electron chi connectivity index (χ3n) is 4.70. The monoisotopic (exact) mass is 370 g/mol. The summed E-state index contributed by atoms with van der Waals surface area (Å²) in [6, 6.07) is 6.17. The van der Waals surface area contributed by atoms with Crippen LogP contribution in [0.15, 0.2) is 24.3 Å². The molecule has 0 aliphatic carbocycles. The molecule has 3 rings (SSSR count). The highest BCUT2D eigenvalue weighted by molar-refractivity contribution is 7.91. The number of amides is 1. The summed E-state index contributed by atoms with van der Waals surface area (Å²) in [7, 11) is -3.06. The summed E-state index contributed by atoms with van der Waals surface area (Å²) in [4.78, 5) is 14.3. The summed E-state index contributed by atoms with van der Waals surface area (Å²) in [5.41, 5.74) is 0.193. The zero-order valence-corrected chi connectivity index (χ0v) is 15.0. The molecule has 1 aromatic carbocycles. The lowest BCUT2D eigenvalue weighted by Gasteiger charge is -2.33. The minimum absolute atomic E-state index is 0.00689. The lowest BCUT2D eigenvalue weighted by molar-refractivity contribution is -0.125. The van der Waals surface area contributed by atoms with Crippen LogP contribution in [-0.4, -0.2) is 62.5 Å². The smallest absolute Gasteiger partial charge is 0.234 e. The van der Waals surface area contributed by atoms with Crippen LogP contribution in [0.1, 0.15) is 25.0 Å². The fraction of sp³-hybridized carbons (Fsp3) is 0.588. The molecule has 2 unspecified atom stereocenters. The predicted molar refractivity (Wildman–Crippen MR) is 91.4 cm³/mol. The van der Waals surface area contributed by atoms with Crippen molar-refractivity contribution < 1.29 is 22.3 Å². The first-order chi connectivity index (χ1) is 11.7. The highest BCUT2D eigenvalue weighted by atomic mass is 32.2. The van der Waals surface area contributed by atoms with Crippen molar-refractivity contribution in [3.8, 4) is 0 Å². The Kier molecular flexibility index (Phi) is 5.13. The number of ether oxygens (including phenoxy) is 1. The quantitative estimate of drug-likeness (QED) is 0.852. The molecule has 2 aliphatic rings. The number of hydrogen-bond acceptors (Lipinski definition) is 5. The first-order valence-electron chi connectivity index (χ1n) is 8.36. The highest BCUT2D eigenvalue weighted by Gasteiger charge is 2.39. The third kappa shape index (κ3) is 4.77. The minimum Gasteiger partial charge on any atom is -0.371 e. The molecule has 0 saturated carbocycles. The molecule has 2 saturated heterocycles. The summed E-state index contributed by atoms with van der Waals surface area (Å²) in [6.45, 7) is 3.61. The lowest BCUT2D eigenvalue weighted by atomic mass is 10.0. The van der Waals surface area contributed by atoms with E-state index in [4.69, 9.17) is 4.74 Å². The second-order valence-electron chi connectivity index (χ2n) is 7.10. The van der Waals surface area contributed by atoms with Crippen LogP contribution >= 0.6 is 0 Å². The van der Waals surface area contributed by atoms with E-state index in [0.717, 1.165) is 5.56 Å². The van der Waals surface area contributed by atoms with Crippen LogP contribution < -0.4 is 5.32 Å². The van der Waals surface area contributed by atoms with Crippen molar-refractivity contribution in [2.75, 3.05) is 37.7 Å². The third-order valence-corrected chi connectivity index (χ3v) is 6.61. The molecule has 0 bridgehead atoms. The van der Waals surface area contributed by atoms with Crippen LogP contribution in [0, 0.1) is 5.82 Å². The molecule has 1 aromatic rings. The molecule has 2 aliphatic heterocycles. The van der Waals surface area contributed by atoms with E-state index in [1.165, 1.54) is 12.1 Å². The molecule has 0 radical (unpaired) electrons. The van der Waals surface area contributed by atoms with Crippen molar-refractivity contribution in [1.82, 2.24) is 10.2 Å². The maximum Gasteiger partial charge on any atom is 0.234 e. The van der Waals surface area contributed by atoms with Gasteiger partial charge in [0.25, 0.3) is 0 Å². The summed E-state index contributed by atoms with van der Waals surface area (Å²) in [6.07, 6.45) is 0.243. The topological polar surface area (TPSA) is 75.7 Å². The molecular formula is C17H23FN2O4S. The van der Waals surface area contributed by atoms with Crippen LogP contribution in [0.2, 0.25) is 0 Å². The molecule has 1 N–H and O–H groups in total. The van der Waals surface area contributed by atoms with Gasteiger partial charge >= 0.3 is 0 Å². The van der Waals surface area contributed by atoms with E-state index >= 15 is 0 Å². The van der Waals surface area contributed by atoms with Gasteiger partial charge in [0.15, 0.2) is 9.84 Å². The van der Waals surface area contributed by atoms with E-state index in [9.17, 15) is 17.6 Å². The summed E-state index contributed by atoms with van der Waals surface area (Å²) in [5.74, 6) is -0.365. The Labute approximate surface area is 147 Å². The van der Waals surface area contributed by atoms with Gasteiger partial charge in [-0.2, -0.15) is 0 Å². The second kappa shape index (κ2) is 7.01. The molecule has 2 atom stereocenters. The Morgan fingerprint density at radius 2 is 2.12 bits per heavy atom. The molecule has 25 heavy (non-hydrogen) atoms. The number of halogens is 1. The molecule has 2 heterocycles.